The van der Waals surface area contributed by atoms with Crippen molar-refractivity contribution in [2.45, 2.75) is 32.2 Å². The molecule has 1 fully saturated rings. The Balaban J connectivity index is 0.000000715. The zero-order chi connectivity index (χ0) is 27.3. The lowest BCUT2D eigenvalue weighted by molar-refractivity contribution is -0.117. The Morgan fingerprint density at radius 3 is 2.71 bits per heavy atom. The minimum absolute atomic E-state index is 0.184. The second-order valence-electron chi connectivity index (χ2n) is 8.81. The van der Waals surface area contributed by atoms with Gasteiger partial charge in [-0.2, -0.15) is 5.26 Å². The molecule has 0 atom stereocenters. The number of pyridine rings is 2. The molecule has 4 rings (SSSR count). The molecule has 0 unspecified atom stereocenters. The third-order valence-corrected chi connectivity index (χ3v) is 5.94. The van der Waals surface area contributed by atoms with Crippen molar-refractivity contribution in [2.75, 3.05) is 62.6 Å². The average molecular weight is 524 g/mol. The van der Waals surface area contributed by atoms with E-state index in [1.54, 1.807) is 20.2 Å². The lowest BCUT2D eigenvalue weighted by Gasteiger charge is -2.29. The van der Waals surface area contributed by atoms with Gasteiger partial charge in [0.15, 0.2) is 6.29 Å². The highest BCUT2D eigenvalue weighted by Crippen LogP contribution is 2.28. The minimum Gasteiger partial charge on any atom is -0.383 e. The summed E-state index contributed by atoms with van der Waals surface area (Å²) in [6.45, 7) is 3.61. The molecule has 12 nitrogen and oxygen atoms in total. The van der Waals surface area contributed by atoms with Crippen molar-refractivity contribution in [3.8, 4) is 6.07 Å². The van der Waals surface area contributed by atoms with Gasteiger partial charge in [-0.05, 0) is 37.3 Å². The number of nitriles is 1. The molecule has 0 radical (unpaired) electrons. The molecule has 0 bridgehead atoms. The van der Waals surface area contributed by atoms with E-state index in [4.69, 9.17) is 9.47 Å². The summed E-state index contributed by atoms with van der Waals surface area (Å²) in [4.78, 5) is 47.1. The number of aromatic nitrogens is 2. The first kappa shape index (κ1) is 28.5. The van der Waals surface area contributed by atoms with Crippen LogP contribution < -0.4 is 15.5 Å². The van der Waals surface area contributed by atoms with Gasteiger partial charge in [-0.1, -0.05) is 0 Å². The van der Waals surface area contributed by atoms with Gasteiger partial charge in [0.2, 0.25) is 6.41 Å². The highest BCUT2D eigenvalue weighted by Gasteiger charge is 2.26. The summed E-state index contributed by atoms with van der Waals surface area (Å²) in [6.07, 6.45) is 6.66. The number of urea groups is 1. The van der Waals surface area contributed by atoms with Gasteiger partial charge >= 0.3 is 6.03 Å². The highest BCUT2D eigenvalue weighted by molar-refractivity contribution is 6.01. The molecule has 2 aromatic rings. The van der Waals surface area contributed by atoms with Gasteiger partial charge in [0.05, 0.1) is 17.9 Å². The Kier molecular flexibility index (Phi) is 11.0. The van der Waals surface area contributed by atoms with Crippen LogP contribution in [0.5, 0.6) is 0 Å². The van der Waals surface area contributed by atoms with Crippen LogP contribution in [0.2, 0.25) is 0 Å². The highest BCUT2D eigenvalue weighted by atomic mass is 16.5. The van der Waals surface area contributed by atoms with E-state index in [2.05, 4.69) is 26.7 Å². The van der Waals surface area contributed by atoms with Gasteiger partial charge < -0.3 is 19.7 Å². The molecule has 0 aromatic carbocycles. The predicted octanol–water partition coefficient (Wildman–Crippen LogP) is 2.59. The van der Waals surface area contributed by atoms with Crippen LogP contribution in [0.4, 0.5) is 22.1 Å². The van der Waals surface area contributed by atoms with Gasteiger partial charge in [0, 0.05) is 64.8 Å². The summed E-state index contributed by atoms with van der Waals surface area (Å²) in [5.41, 5.74) is 2.51. The average Bonchev–Trinajstić information content (AvgIpc) is 3.53. The molecule has 12 heteroatoms. The van der Waals surface area contributed by atoms with E-state index in [1.165, 1.54) is 28.8 Å². The smallest absolute Gasteiger partial charge is 0.328 e. The quantitative estimate of drug-likeness (QED) is 0.373. The van der Waals surface area contributed by atoms with Crippen LogP contribution in [0, 0.1) is 11.3 Å². The largest absolute Gasteiger partial charge is 0.383 e. The van der Waals surface area contributed by atoms with Crippen LogP contribution in [0.15, 0.2) is 18.3 Å². The maximum atomic E-state index is 13.1. The van der Waals surface area contributed by atoms with Crippen LogP contribution >= 0.6 is 0 Å². The van der Waals surface area contributed by atoms with Crippen molar-refractivity contribution in [3.05, 3.63) is 40.7 Å². The Morgan fingerprint density at radius 2 is 2.08 bits per heavy atom. The first-order valence-electron chi connectivity index (χ1n) is 12.4. The van der Waals surface area contributed by atoms with E-state index in [0.29, 0.717) is 61.4 Å². The number of anilines is 3. The number of amides is 3. The summed E-state index contributed by atoms with van der Waals surface area (Å²) in [6, 6.07) is 5.02. The number of aldehydes is 1. The number of fused-ring (bicyclic) bond motifs is 1. The normalized spacial score (nSPS) is 13.9. The fraction of sp³-hybridized carbons (Fsp3) is 0.462. The van der Waals surface area contributed by atoms with Crippen molar-refractivity contribution in [2.24, 2.45) is 0 Å². The zero-order valence-electron chi connectivity index (χ0n) is 21.7. The number of rotatable bonds is 9. The van der Waals surface area contributed by atoms with Crippen molar-refractivity contribution in [1.82, 2.24) is 14.9 Å². The number of hydrogen-bond donors (Lipinski definition) is 2. The lowest BCUT2D eigenvalue weighted by Crippen LogP contribution is -2.40. The van der Waals surface area contributed by atoms with Gasteiger partial charge in [-0.3, -0.25) is 19.8 Å². The lowest BCUT2D eigenvalue weighted by atomic mass is 10.0. The van der Waals surface area contributed by atoms with Crippen LogP contribution in [-0.4, -0.2) is 80.7 Å². The Bertz CT molecular complexity index is 1160. The van der Waals surface area contributed by atoms with Crippen LogP contribution in [0.25, 0.3) is 0 Å². The summed E-state index contributed by atoms with van der Waals surface area (Å²) < 4.78 is 9.95. The van der Waals surface area contributed by atoms with Crippen molar-refractivity contribution >= 4 is 36.1 Å². The molecule has 2 N–H and O–H groups in total. The number of hydrogen-bond acceptors (Lipinski definition) is 9. The SMILES string of the molecule is C1CCOC1.COCCNc1cc(NC(=O)N2CCCc3cc(CN(C)C=O)c(C=O)nc32)ncc1C#N. The number of nitrogens with one attached hydrogen (secondary N) is 2. The summed E-state index contributed by atoms with van der Waals surface area (Å²) in [5, 5.41) is 15.1. The zero-order valence-corrected chi connectivity index (χ0v) is 21.7. The van der Waals surface area contributed by atoms with E-state index in [0.717, 1.165) is 25.2 Å². The molecule has 1 saturated heterocycles. The molecule has 4 heterocycles. The van der Waals surface area contributed by atoms with Gasteiger partial charge in [-0.15, -0.1) is 0 Å². The number of nitrogens with zero attached hydrogens (tertiary/aromatic N) is 5. The second-order valence-corrected chi connectivity index (χ2v) is 8.81. The van der Waals surface area contributed by atoms with Crippen molar-refractivity contribution in [3.63, 3.8) is 0 Å². The topological polar surface area (TPSA) is 150 Å². The first-order valence-corrected chi connectivity index (χ1v) is 12.4. The van der Waals surface area contributed by atoms with Gasteiger partial charge in [0.25, 0.3) is 0 Å². The summed E-state index contributed by atoms with van der Waals surface area (Å²) in [5.74, 6) is 0.677. The first-order chi connectivity index (χ1) is 18.5. The molecule has 2 aliphatic rings. The molecular formula is C26H33N7O5. The second kappa shape index (κ2) is 14.6. The van der Waals surface area contributed by atoms with E-state index in [9.17, 15) is 19.6 Å². The monoisotopic (exact) mass is 523 g/mol. The molecule has 38 heavy (non-hydrogen) atoms. The van der Waals surface area contributed by atoms with Crippen molar-refractivity contribution < 1.29 is 23.9 Å². The third kappa shape index (κ3) is 7.71. The standard InChI is InChI=1S/C22H25N7O4.C4H8O/c1-28(14-31)12-16-8-15-4-3-6-29(21(15)26-19(16)13-30)22(32)27-20-9-18(24-5-7-33-2)17(10-23)11-25-20;1-2-4-5-3-1/h8-9,11,13-14H,3-7,12H2,1-2H3,(H2,24,25,27,32);1-4H2. The molecule has 0 aliphatic carbocycles. The fourth-order valence-electron chi connectivity index (χ4n) is 4.02. The maximum Gasteiger partial charge on any atom is 0.328 e. The van der Waals surface area contributed by atoms with E-state index in [1.807, 2.05) is 6.07 Å². The van der Waals surface area contributed by atoms with E-state index < -0.39 is 6.03 Å². The number of aryl methyl sites for hydroxylation is 1. The minimum atomic E-state index is -0.446. The number of ether oxygens (including phenoxy) is 2. The predicted molar refractivity (Wildman–Crippen MR) is 141 cm³/mol. The number of methoxy groups -OCH3 is 1. The summed E-state index contributed by atoms with van der Waals surface area (Å²) in [7, 11) is 3.19. The van der Waals surface area contributed by atoms with Gasteiger partial charge in [-0.25, -0.2) is 14.8 Å². The molecule has 0 saturated carbocycles. The van der Waals surface area contributed by atoms with Crippen LogP contribution in [0.1, 0.15) is 46.4 Å². The molecule has 202 valence electrons. The number of carbonyl (C=O) groups excluding carboxylic acids is 3. The fourth-order valence-corrected chi connectivity index (χ4v) is 4.02. The van der Waals surface area contributed by atoms with Crippen LogP contribution in [-0.2, 0) is 27.2 Å². The molecule has 0 spiro atoms. The van der Waals surface area contributed by atoms with Crippen molar-refractivity contribution in [1.29, 1.82) is 5.26 Å². The number of carbonyl (C=O) groups is 3. The Morgan fingerprint density at radius 1 is 1.29 bits per heavy atom. The molecular weight excluding hydrogens is 490 g/mol. The van der Waals surface area contributed by atoms with E-state index >= 15 is 0 Å². The third-order valence-electron chi connectivity index (χ3n) is 5.94. The maximum absolute atomic E-state index is 13.1. The summed E-state index contributed by atoms with van der Waals surface area (Å²) >= 11 is 0. The van der Waals surface area contributed by atoms with Gasteiger partial charge in [0.1, 0.15) is 23.4 Å². The molecule has 2 aromatic heterocycles. The Labute approximate surface area is 221 Å². The van der Waals surface area contributed by atoms with Crippen LogP contribution in [0.3, 0.4) is 0 Å². The molecule has 3 amide bonds. The molecule has 2 aliphatic heterocycles. The van der Waals surface area contributed by atoms with E-state index in [-0.39, 0.29) is 18.1 Å². The Hall–Kier alpha value is -4.08.